The van der Waals surface area contributed by atoms with E-state index in [0.717, 1.165) is 10.9 Å². The smallest absolute Gasteiger partial charge is 0.0712 e. The van der Waals surface area contributed by atoms with E-state index in [0.29, 0.717) is 0 Å². The molecule has 0 fully saturated rings. The van der Waals surface area contributed by atoms with E-state index in [1.165, 1.54) is 22.3 Å². The number of halogens is 1. The van der Waals surface area contributed by atoms with Crippen molar-refractivity contribution in [3.8, 4) is 0 Å². The molecule has 100 valence electrons. The molecule has 0 spiro atoms. The fourth-order valence-corrected chi connectivity index (χ4v) is 2.80. The maximum absolute atomic E-state index is 5.77. The van der Waals surface area contributed by atoms with Gasteiger partial charge >= 0.3 is 0 Å². The molecule has 2 rings (SSSR count). The second kappa shape index (κ2) is 6.33. The highest BCUT2D eigenvalue weighted by atomic mass is 79.9. The lowest BCUT2D eigenvalue weighted by Crippen LogP contribution is -2.29. The molecule has 1 atom stereocenters. The molecule has 3 N–H and O–H groups in total. The van der Waals surface area contributed by atoms with Gasteiger partial charge in [-0.15, -0.1) is 0 Å². The predicted octanol–water partition coefficient (Wildman–Crippen LogP) is 3.87. The molecule has 0 aliphatic carbocycles. The summed E-state index contributed by atoms with van der Waals surface area (Å²) in [6, 6.07) is 14.9. The van der Waals surface area contributed by atoms with Crippen LogP contribution in [0.4, 0.5) is 0 Å². The van der Waals surface area contributed by atoms with Crippen molar-refractivity contribution < 1.29 is 0 Å². The van der Waals surface area contributed by atoms with Crippen molar-refractivity contribution >= 4 is 15.9 Å². The number of hydrogen-bond acceptors (Lipinski definition) is 2. The molecule has 0 aromatic heterocycles. The molecular weight excluding hydrogens is 300 g/mol. The minimum Gasteiger partial charge on any atom is -0.271 e. The average molecular weight is 319 g/mol. The Morgan fingerprint density at radius 3 is 2.63 bits per heavy atom. The van der Waals surface area contributed by atoms with Crippen LogP contribution in [0.25, 0.3) is 0 Å². The van der Waals surface area contributed by atoms with E-state index in [1.54, 1.807) is 0 Å². The molecule has 1 unspecified atom stereocenters. The number of nitrogens with two attached hydrogens (primary N) is 1. The molecule has 0 saturated heterocycles. The fourth-order valence-electron chi connectivity index (χ4n) is 2.32. The van der Waals surface area contributed by atoms with E-state index in [4.69, 9.17) is 5.84 Å². The van der Waals surface area contributed by atoms with Crippen LogP contribution < -0.4 is 11.3 Å². The third-order valence-electron chi connectivity index (χ3n) is 3.40. The summed E-state index contributed by atoms with van der Waals surface area (Å²) in [4.78, 5) is 0. The maximum Gasteiger partial charge on any atom is 0.0712 e. The Bertz CT molecular complexity index is 566. The van der Waals surface area contributed by atoms with Crippen LogP contribution in [0.1, 0.15) is 35.2 Å². The average Bonchev–Trinajstić information content (AvgIpc) is 2.42. The Morgan fingerprint density at radius 1 is 1.21 bits per heavy atom. The molecular formula is C16H19BrN2. The first kappa shape index (κ1) is 14.3. The summed E-state index contributed by atoms with van der Waals surface area (Å²) in [7, 11) is 0. The molecule has 0 amide bonds. The quantitative estimate of drug-likeness (QED) is 0.663. The minimum absolute atomic E-state index is 0.0274. The van der Waals surface area contributed by atoms with Crippen molar-refractivity contribution in [3.63, 3.8) is 0 Å². The lowest BCUT2D eigenvalue weighted by molar-refractivity contribution is 0.633. The lowest BCUT2D eigenvalue weighted by Gasteiger charge is -2.20. The van der Waals surface area contributed by atoms with E-state index in [1.807, 2.05) is 0 Å². The Balaban J connectivity index is 2.43. The van der Waals surface area contributed by atoms with Crippen LogP contribution in [0.2, 0.25) is 0 Å². The molecule has 0 aliphatic rings. The summed E-state index contributed by atoms with van der Waals surface area (Å²) in [6.45, 7) is 4.27. The van der Waals surface area contributed by atoms with Gasteiger partial charge in [-0.1, -0.05) is 53.2 Å². The Kier molecular flexibility index (Phi) is 4.75. The van der Waals surface area contributed by atoms with E-state index >= 15 is 0 Å². The van der Waals surface area contributed by atoms with Gasteiger partial charge in [-0.25, -0.2) is 5.43 Å². The van der Waals surface area contributed by atoms with Crippen molar-refractivity contribution in [1.29, 1.82) is 0 Å². The molecule has 2 aromatic carbocycles. The van der Waals surface area contributed by atoms with Crippen LogP contribution in [0, 0.1) is 6.92 Å². The van der Waals surface area contributed by atoms with Gasteiger partial charge in [0.15, 0.2) is 0 Å². The summed E-state index contributed by atoms with van der Waals surface area (Å²) in [6.07, 6.45) is 1.03. The maximum atomic E-state index is 5.77. The van der Waals surface area contributed by atoms with E-state index in [9.17, 15) is 0 Å². The number of hydrogen-bond donors (Lipinski definition) is 2. The zero-order chi connectivity index (χ0) is 13.8. The first-order valence-corrected chi connectivity index (χ1v) is 7.26. The monoisotopic (exact) mass is 318 g/mol. The van der Waals surface area contributed by atoms with Crippen molar-refractivity contribution in [2.24, 2.45) is 5.84 Å². The van der Waals surface area contributed by atoms with Crippen molar-refractivity contribution in [1.82, 2.24) is 5.43 Å². The summed E-state index contributed by atoms with van der Waals surface area (Å²) in [5, 5.41) is 0. The van der Waals surface area contributed by atoms with Crippen molar-refractivity contribution in [2.45, 2.75) is 26.3 Å². The zero-order valence-electron chi connectivity index (χ0n) is 11.3. The number of nitrogens with one attached hydrogen (secondary N) is 1. The third kappa shape index (κ3) is 3.24. The molecule has 19 heavy (non-hydrogen) atoms. The minimum atomic E-state index is 0.0274. The van der Waals surface area contributed by atoms with Gasteiger partial charge in [-0.05, 0) is 47.7 Å². The van der Waals surface area contributed by atoms with Crippen LogP contribution in [0.3, 0.4) is 0 Å². The van der Waals surface area contributed by atoms with Crippen molar-refractivity contribution in [2.75, 3.05) is 0 Å². The van der Waals surface area contributed by atoms with Gasteiger partial charge in [-0.2, -0.15) is 0 Å². The van der Waals surface area contributed by atoms with Gasteiger partial charge in [0.05, 0.1) is 6.04 Å². The Hall–Kier alpha value is -1.16. The molecule has 0 bridgehead atoms. The van der Waals surface area contributed by atoms with Gasteiger partial charge in [-0.3, -0.25) is 5.84 Å². The number of aryl methyl sites for hydroxylation is 2. The topological polar surface area (TPSA) is 38.0 Å². The molecule has 0 aliphatic heterocycles. The van der Waals surface area contributed by atoms with Gasteiger partial charge in [0.25, 0.3) is 0 Å². The first-order valence-electron chi connectivity index (χ1n) is 6.46. The summed E-state index contributed by atoms with van der Waals surface area (Å²) >= 11 is 3.49. The number of rotatable bonds is 4. The second-order valence-corrected chi connectivity index (χ2v) is 5.61. The molecule has 0 radical (unpaired) electrons. The van der Waals surface area contributed by atoms with E-state index < -0.39 is 0 Å². The van der Waals surface area contributed by atoms with Gasteiger partial charge in [0, 0.05) is 4.47 Å². The van der Waals surface area contributed by atoms with E-state index in [2.05, 4.69) is 77.7 Å². The molecule has 0 saturated carbocycles. The van der Waals surface area contributed by atoms with Crippen LogP contribution in [0.5, 0.6) is 0 Å². The van der Waals surface area contributed by atoms with Gasteiger partial charge in [0.1, 0.15) is 0 Å². The van der Waals surface area contributed by atoms with Crippen LogP contribution >= 0.6 is 15.9 Å². The second-order valence-electron chi connectivity index (χ2n) is 4.70. The normalized spacial score (nSPS) is 12.4. The lowest BCUT2D eigenvalue weighted by atomic mass is 9.94. The summed E-state index contributed by atoms with van der Waals surface area (Å²) in [5.74, 6) is 5.77. The predicted molar refractivity (Wildman–Crippen MR) is 83.9 cm³/mol. The van der Waals surface area contributed by atoms with Crippen LogP contribution in [-0.2, 0) is 6.42 Å². The highest BCUT2D eigenvalue weighted by Gasteiger charge is 2.14. The molecule has 3 heteroatoms. The van der Waals surface area contributed by atoms with Gasteiger partial charge < -0.3 is 0 Å². The van der Waals surface area contributed by atoms with E-state index in [-0.39, 0.29) is 6.04 Å². The first-order chi connectivity index (χ1) is 9.15. The fraction of sp³-hybridized carbons (Fsp3) is 0.250. The largest absolute Gasteiger partial charge is 0.271 e. The number of hydrazine groups is 1. The van der Waals surface area contributed by atoms with Crippen molar-refractivity contribution in [3.05, 3.63) is 69.2 Å². The molecule has 0 heterocycles. The highest BCUT2D eigenvalue weighted by molar-refractivity contribution is 9.10. The summed E-state index contributed by atoms with van der Waals surface area (Å²) < 4.78 is 1.09. The Morgan fingerprint density at radius 2 is 2.00 bits per heavy atom. The highest BCUT2D eigenvalue weighted by Crippen LogP contribution is 2.27. The van der Waals surface area contributed by atoms with Crippen LogP contribution in [-0.4, -0.2) is 0 Å². The van der Waals surface area contributed by atoms with Crippen LogP contribution in [0.15, 0.2) is 46.9 Å². The third-order valence-corrected chi connectivity index (χ3v) is 3.90. The zero-order valence-corrected chi connectivity index (χ0v) is 12.9. The number of benzene rings is 2. The molecule has 2 nitrogen and oxygen atoms in total. The van der Waals surface area contributed by atoms with Gasteiger partial charge in [0.2, 0.25) is 0 Å². The molecule has 2 aromatic rings. The summed E-state index contributed by atoms with van der Waals surface area (Å²) in [5.41, 5.74) is 7.89. The SMILES string of the molecule is CCc1cccc(C(NN)c2ccc(Br)cc2C)c1. The Labute approximate surface area is 123 Å². The standard InChI is InChI=1S/C16H19BrN2/c1-3-12-5-4-6-13(10-12)16(19-18)15-8-7-14(17)9-11(15)2/h4-10,16,19H,3,18H2,1-2H3.